The molecule has 0 aliphatic heterocycles. The average Bonchev–Trinajstić information content (AvgIpc) is 3.06. The van der Waals surface area contributed by atoms with Gasteiger partial charge in [-0.2, -0.15) is 0 Å². The molecule has 3 aromatic rings. The molecular formula is C24H22BrNO3. The maximum atomic E-state index is 12.4. The minimum Gasteiger partial charge on any atom is -0.449 e. The second kappa shape index (κ2) is 8.39. The van der Waals surface area contributed by atoms with Crippen molar-refractivity contribution in [3.05, 3.63) is 94.0 Å². The zero-order valence-corrected chi connectivity index (χ0v) is 17.6. The molecule has 0 fully saturated rings. The number of aliphatic hydroxyl groups is 1. The largest absolute Gasteiger partial charge is 0.449 e. The van der Waals surface area contributed by atoms with E-state index in [-0.39, 0.29) is 12.5 Å². The van der Waals surface area contributed by atoms with E-state index in [4.69, 9.17) is 4.74 Å². The summed E-state index contributed by atoms with van der Waals surface area (Å²) in [7, 11) is 0. The Kier molecular flexibility index (Phi) is 5.69. The number of ether oxygens (including phenoxy) is 1. The standard InChI is InChI=1S/C24H22BrNO3/c1-15(23(27)16-10-12-17(25)13-11-16)26-24(28)29-14-22-20-8-4-2-6-18(20)19-7-3-5-9-21(19)22/h2-13,15,22-23,27H,14H2,1H3,(H,26,28). The van der Waals surface area contributed by atoms with Crippen LogP contribution in [0.1, 0.15) is 35.6 Å². The Labute approximate surface area is 178 Å². The number of hydrogen-bond acceptors (Lipinski definition) is 3. The van der Waals surface area contributed by atoms with Gasteiger partial charge in [0.25, 0.3) is 0 Å². The van der Waals surface area contributed by atoms with Crippen LogP contribution in [0.3, 0.4) is 0 Å². The van der Waals surface area contributed by atoms with E-state index in [0.717, 1.165) is 10.0 Å². The molecular weight excluding hydrogens is 430 g/mol. The van der Waals surface area contributed by atoms with Gasteiger partial charge in [-0.1, -0.05) is 76.6 Å². The van der Waals surface area contributed by atoms with Crippen LogP contribution in [0.25, 0.3) is 11.1 Å². The van der Waals surface area contributed by atoms with Crippen molar-refractivity contribution in [1.29, 1.82) is 0 Å². The second-order valence-electron chi connectivity index (χ2n) is 7.25. The van der Waals surface area contributed by atoms with Crippen LogP contribution in [0, 0.1) is 0 Å². The third-order valence-corrected chi connectivity index (χ3v) is 5.90. The number of halogens is 1. The first-order chi connectivity index (χ1) is 14.0. The fraction of sp³-hybridized carbons (Fsp3) is 0.208. The molecule has 0 heterocycles. The molecule has 4 rings (SSSR count). The van der Waals surface area contributed by atoms with Crippen molar-refractivity contribution in [3.63, 3.8) is 0 Å². The van der Waals surface area contributed by atoms with Crippen molar-refractivity contribution in [2.75, 3.05) is 6.61 Å². The van der Waals surface area contributed by atoms with Gasteiger partial charge < -0.3 is 15.2 Å². The highest BCUT2D eigenvalue weighted by Crippen LogP contribution is 2.44. The molecule has 1 amide bonds. The number of alkyl carbamates (subject to hydrolysis) is 1. The Bertz CT molecular complexity index is 973. The summed E-state index contributed by atoms with van der Waals surface area (Å²) in [5.41, 5.74) is 5.46. The molecule has 1 aliphatic rings. The van der Waals surface area contributed by atoms with E-state index in [1.807, 2.05) is 48.5 Å². The molecule has 0 bridgehead atoms. The molecule has 2 N–H and O–H groups in total. The fourth-order valence-corrected chi connectivity index (χ4v) is 4.12. The number of rotatable bonds is 5. The topological polar surface area (TPSA) is 58.6 Å². The summed E-state index contributed by atoms with van der Waals surface area (Å²) in [4.78, 5) is 12.4. The Morgan fingerprint density at radius 2 is 1.55 bits per heavy atom. The van der Waals surface area contributed by atoms with Crippen LogP contribution in [0.2, 0.25) is 0 Å². The van der Waals surface area contributed by atoms with Crippen molar-refractivity contribution in [3.8, 4) is 11.1 Å². The Morgan fingerprint density at radius 1 is 1.00 bits per heavy atom. The molecule has 4 nitrogen and oxygen atoms in total. The lowest BCUT2D eigenvalue weighted by atomic mass is 9.98. The van der Waals surface area contributed by atoms with Crippen LogP contribution in [0.15, 0.2) is 77.3 Å². The quantitative estimate of drug-likeness (QED) is 0.544. The third kappa shape index (κ3) is 4.07. The minimum absolute atomic E-state index is 0.0138. The molecule has 0 aromatic heterocycles. The first-order valence-electron chi connectivity index (χ1n) is 9.59. The van der Waals surface area contributed by atoms with Gasteiger partial charge >= 0.3 is 6.09 Å². The lowest BCUT2D eigenvalue weighted by molar-refractivity contribution is 0.108. The molecule has 0 saturated heterocycles. The first kappa shape index (κ1) is 19.7. The molecule has 148 valence electrons. The van der Waals surface area contributed by atoms with Gasteiger partial charge in [-0.15, -0.1) is 0 Å². The molecule has 3 aromatic carbocycles. The van der Waals surface area contributed by atoms with Gasteiger partial charge in [-0.3, -0.25) is 0 Å². The van der Waals surface area contributed by atoms with E-state index in [0.29, 0.717) is 0 Å². The van der Waals surface area contributed by atoms with E-state index < -0.39 is 18.2 Å². The van der Waals surface area contributed by atoms with Crippen molar-refractivity contribution in [1.82, 2.24) is 5.32 Å². The number of hydrogen-bond donors (Lipinski definition) is 2. The van der Waals surface area contributed by atoms with Crippen LogP contribution < -0.4 is 5.32 Å². The van der Waals surface area contributed by atoms with Gasteiger partial charge in [-0.05, 0) is 46.9 Å². The van der Waals surface area contributed by atoms with Crippen LogP contribution >= 0.6 is 15.9 Å². The predicted octanol–water partition coefficient (Wildman–Crippen LogP) is 5.41. The highest BCUT2D eigenvalue weighted by molar-refractivity contribution is 9.10. The molecule has 5 heteroatoms. The number of carbonyl (C=O) groups excluding carboxylic acids is 1. The number of carbonyl (C=O) groups is 1. The average molecular weight is 452 g/mol. The highest BCUT2D eigenvalue weighted by Gasteiger charge is 2.29. The van der Waals surface area contributed by atoms with Crippen LogP contribution in [-0.2, 0) is 4.74 Å². The maximum Gasteiger partial charge on any atom is 0.407 e. The van der Waals surface area contributed by atoms with Crippen molar-refractivity contribution in [2.24, 2.45) is 0 Å². The zero-order valence-electron chi connectivity index (χ0n) is 16.0. The lowest BCUT2D eigenvalue weighted by Crippen LogP contribution is -2.38. The Balaban J connectivity index is 1.40. The van der Waals surface area contributed by atoms with E-state index in [9.17, 15) is 9.90 Å². The van der Waals surface area contributed by atoms with Gasteiger partial charge in [-0.25, -0.2) is 4.79 Å². The minimum atomic E-state index is -0.816. The number of nitrogens with one attached hydrogen (secondary N) is 1. The van der Waals surface area contributed by atoms with Crippen LogP contribution in [0.5, 0.6) is 0 Å². The maximum absolute atomic E-state index is 12.4. The Morgan fingerprint density at radius 3 is 2.14 bits per heavy atom. The first-order valence-corrected chi connectivity index (χ1v) is 10.4. The predicted molar refractivity (Wildman–Crippen MR) is 117 cm³/mol. The van der Waals surface area contributed by atoms with Crippen molar-refractivity contribution >= 4 is 22.0 Å². The number of amides is 1. The fourth-order valence-electron chi connectivity index (χ4n) is 3.85. The van der Waals surface area contributed by atoms with Gasteiger partial charge in [0.15, 0.2) is 0 Å². The monoisotopic (exact) mass is 451 g/mol. The summed E-state index contributed by atoms with van der Waals surface area (Å²) >= 11 is 3.38. The van der Waals surface area contributed by atoms with E-state index >= 15 is 0 Å². The number of aliphatic hydroxyl groups excluding tert-OH is 1. The van der Waals surface area contributed by atoms with Crippen LogP contribution in [-0.4, -0.2) is 23.8 Å². The smallest absolute Gasteiger partial charge is 0.407 e. The summed E-state index contributed by atoms with van der Waals surface area (Å²) in [6, 6.07) is 23.3. The Hall–Kier alpha value is -2.63. The summed E-state index contributed by atoms with van der Waals surface area (Å²) < 4.78 is 6.48. The molecule has 0 radical (unpaired) electrons. The zero-order chi connectivity index (χ0) is 20.4. The van der Waals surface area contributed by atoms with Gasteiger partial charge in [0.2, 0.25) is 0 Å². The number of fused-ring (bicyclic) bond motifs is 3. The summed E-state index contributed by atoms with van der Waals surface area (Å²) in [5, 5.41) is 13.2. The van der Waals surface area contributed by atoms with Gasteiger partial charge in [0.1, 0.15) is 6.61 Å². The summed E-state index contributed by atoms with van der Waals surface area (Å²) in [6.07, 6.45) is -1.35. The molecule has 0 spiro atoms. The van der Waals surface area contributed by atoms with Crippen molar-refractivity contribution in [2.45, 2.75) is 25.0 Å². The van der Waals surface area contributed by atoms with Gasteiger partial charge in [0, 0.05) is 10.4 Å². The molecule has 2 atom stereocenters. The van der Waals surface area contributed by atoms with E-state index in [1.165, 1.54) is 22.3 Å². The van der Waals surface area contributed by atoms with Crippen molar-refractivity contribution < 1.29 is 14.6 Å². The molecule has 1 aliphatic carbocycles. The number of benzene rings is 3. The highest BCUT2D eigenvalue weighted by atomic mass is 79.9. The summed E-state index contributed by atoms with van der Waals surface area (Å²) in [6.45, 7) is 2.01. The molecule has 29 heavy (non-hydrogen) atoms. The van der Waals surface area contributed by atoms with Crippen LogP contribution in [0.4, 0.5) is 4.79 Å². The third-order valence-electron chi connectivity index (χ3n) is 5.37. The van der Waals surface area contributed by atoms with E-state index in [1.54, 1.807) is 6.92 Å². The molecule has 2 unspecified atom stereocenters. The van der Waals surface area contributed by atoms with Gasteiger partial charge in [0.05, 0.1) is 12.1 Å². The lowest BCUT2D eigenvalue weighted by Gasteiger charge is -2.21. The molecule has 0 saturated carbocycles. The van der Waals surface area contributed by atoms with E-state index in [2.05, 4.69) is 45.5 Å². The normalized spacial score (nSPS) is 14.6. The second-order valence-corrected chi connectivity index (χ2v) is 8.17. The summed E-state index contributed by atoms with van der Waals surface area (Å²) in [5.74, 6) is 0.0138. The SMILES string of the molecule is CC(NC(=O)OCC1c2ccccc2-c2ccccc21)C(O)c1ccc(Br)cc1.